The van der Waals surface area contributed by atoms with E-state index in [1.165, 1.54) is 12.1 Å². The molecule has 3 N–H and O–H groups in total. The number of aromatic nitrogens is 1. The molecule has 0 spiro atoms. The lowest BCUT2D eigenvalue weighted by molar-refractivity contribution is 0.570. The molecule has 2 heterocycles. The van der Waals surface area contributed by atoms with Crippen molar-refractivity contribution in [2.75, 3.05) is 18.0 Å². The zero-order valence-electron chi connectivity index (χ0n) is 10.1. The third-order valence-electron chi connectivity index (χ3n) is 3.03. The van der Waals surface area contributed by atoms with Gasteiger partial charge in [0.1, 0.15) is 10.7 Å². The largest absolute Gasteiger partial charge is 0.384 e. The number of hydrogen-bond acceptors (Lipinski definition) is 6. The van der Waals surface area contributed by atoms with Crippen LogP contribution in [0.15, 0.2) is 23.2 Å². The van der Waals surface area contributed by atoms with Gasteiger partial charge in [-0.05, 0) is 25.0 Å². The van der Waals surface area contributed by atoms with Crippen molar-refractivity contribution in [3.8, 4) is 0 Å². The van der Waals surface area contributed by atoms with E-state index < -0.39 is 25.1 Å². The quantitative estimate of drug-likeness (QED) is 0.775. The average molecular weight is 305 g/mol. The van der Waals surface area contributed by atoms with Gasteiger partial charge in [-0.15, -0.1) is 0 Å². The van der Waals surface area contributed by atoms with E-state index in [9.17, 15) is 16.8 Å². The Balaban J connectivity index is 2.08. The summed E-state index contributed by atoms with van der Waals surface area (Å²) in [5, 5.41) is -0.635. The molecule has 0 saturated carbocycles. The molecule has 106 valence electrons. The van der Waals surface area contributed by atoms with Gasteiger partial charge < -0.3 is 5.73 Å². The first-order valence-electron chi connectivity index (χ1n) is 5.74. The predicted octanol–water partition coefficient (Wildman–Crippen LogP) is -0.481. The maximum atomic E-state index is 11.9. The van der Waals surface area contributed by atoms with Crippen LogP contribution < -0.4 is 10.5 Å². The van der Waals surface area contributed by atoms with E-state index in [4.69, 9.17) is 5.73 Å². The van der Waals surface area contributed by atoms with Crippen LogP contribution in [0, 0.1) is 0 Å². The lowest BCUT2D eigenvalue weighted by Crippen LogP contribution is -2.34. The maximum Gasteiger partial charge on any atom is 0.242 e. The first-order valence-corrected chi connectivity index (χ1v) is 8.94. The smallest absolute Gasteiger partial charge is 0.242 e. The molecular formula is C10H15N3O4S2. The third kappa shape index (κ3) is 3.23. The summed E-state index contributed by atoms with van der Waals surface area (Å²) in [7, 11) is -6.91. The molecule has 2 rings (SSSR count). The zero-order valence-corrected chi connectivity index (χ0v) is 11.7. The number of rotatable bonds is 4. The van der Waals surface area contributed by atoms with Crippen molar-refractivity contribution in [1.82, 2.24) is 9.71 Å². The molecular weight excluding hydrogens is 290 g/mol. The van der Waals surface area contributed by atoms with Crippen molar-refractivity contribution in [1.29, 1.82) is 0 Å². The summed E-state index contributed by atoms with van der Waals surface area (Å²) in [6.45, 7) is -0.102. The number of nitrogens with zero attached hydrogens (tertiary/aromatic N) is 1. The minimum atomic E-state index is -3.75. The number of pyridine rings is 1. The second kappa shape index (κ2) is 5.06. The molecule has 1 aromatic heterocycles. The topological polar surface area (TPSA) is 119 Å². The van der Waals surface area contributed by atoms with E-state index in [0.717, 1.165) is 6.20 Å². The number of sulfonamides is 1. The Labute approximate surface area is 112 Å². The predicted molar refractivity (Wildman–Crippen MR) is 70.6 cm³/mol. The molecule has 1 aromatic rings. The van der Waals surface area contributed by atoms with Gasteiger partial charge >= 0.3 is 0 Å². The van der Waals surface area contributed by atoms with Crippen LogP contribution in [0.2, 0.25) is 0 Å². The van der Waals surface area contributed by atoms with E-state index >= 15 is 0 Å². The SMILES string of the molecule is Nc1ccc(S(=O)(=O)NCC2CCCS2(=O)=O)cn1. The Bertz CT molecular complexity index is 653. The monoisotopic (exact) mass is 305 g/mol. The molecule has 0 amide bonds. The first kappa shape index (κ1) is 14.2. The van der Waals surface area contributed by atoms with Gasteiger partial charge in [-0.1, -0.05) is 0 Å². The number of sulfone groups is 1. The minimum absolute atomic E-state index is 0.0305. The fourth-order valence-corrected chi connectivity index (χ4v) is 4.82. The highest BCUT2D eigenvalue weighted by Gasteiger charge is 2.32. The highest BCUT2D eigenvalue weighted by Crippen LogP contribution is 2.19. The van der Waals surface area contributed by atoms with Crippen LogP contribution in [0.3, 0.4) is 0 Å². The van der Waals surface area contributed by atoms with Crippen molar-refractivity contribution in [2.45, 2.75) is 23.0 Å². The number of anilines is 1. The summed E-state index contributed by atoms with van der Waals surface area (Å²) in [6, 6.07) is 2.70. The van der Waals surface area contributed by atoms with E-state index in [2.05, 4.69) is 9.71 Å². The van der Waals surface area contributed by atoms with Gasteiger partial charge in [-0.2, -0.15) is 0 Å². The Morgan fingerprint density at radius 3 is 2.68 bits per heavy atom. The molecule has 0 aliphatic carbocycles. The molecule has 7 nitrogen and oxygen atoms in total. The number of nitrogens with two attached hydrogens (primary N) is 1. The van der Waals surface area contributed by atoms with Gasteiger partial charge in [-0.3, -0.25) is 0 Å². The number of nitrogens with one attached hydrogen (secondary N) is 1. The molecule has 19 heavy (non-hydrogen) atoms. The molecule has 1 aliphatic rings. The molecule has 0 aromatic carbocycles. The molecule has 0 bridgehead atoms. The van der Waals surface area contributed by atoms with Crippen molar-refractivity contribution in [2.24, 2.45) is 0 Å². The summed E-state index contributed by atoms with van der Waals surface area (Å²) in [5.74, 6) is 0.348. The summed E-state index contributed by atoms with van der Waals surface area (Å²) < 4.78 is 49.3. The molecule has 1 fully saturated rings. The van der Waals surface area contributed by atoms with Gasteiger partial charge in [0.15, 0.2) is 9.84 Å². The highest BCUT2D eigenvalue weighted by molar-refractivity contribution is 7.92. The maximum absolute atomic E-state index is 11.9. The summed E-state index contributed by atoms with van der Waals surface area (Å²) in [4.78, 5) is 3.66. The Kier molecular flexibility index (Phi) is 3.79. The van der Waals surface area contributed by atoms with Crippen molar-refractivity contribution in [3.05, 3.63) is 18.3 Å². The van der Waals surface area contributed by atoms with Gasteiger partial charge in [-0.25, -0.2) is 26.5 Å². The van der Waals surface area contributed by atoms with E-state index in [1.54, 1.807) is 0 Å². The Morgan fingerprint density at radius 1 is 1.42 bits per heavy atom. The van der Waals surface area contributed by atoms with Gasteiger partial charge in [0.25, 0.3) is 0 Å². The second-order valence-electron chi connectivity index (χ2n) is 4.40. The normalized spacial score (nSPS) is 22.4. The van der Waals surface area contributed by atoms with Crippen LogP contribution in [0.25, 0.3) is 0 Å². The van der Waals surface area contributed by atoms with Gasteiger partial charge in [0, 0.05) is 12.7 Å². The molecule has 1 aliphatic heterocycles. The van der Waals surface area contributed by atoms with Crippen LogP contribution in [0.5, 0.6) is 0 Å². The minimum Gasteiger partial charge on any atom is -0.384 e. The first-order chi connectivity index (χ1) is 8.81. The zero-order chi connectivity index (χ0) is 14.1. The fourth-order valence-electron chi connectivity index (χ4n) is 1.92. The van der Waals surface area contributed by atoms with Crippen molar-refractivity contribution < 1.29 is 16.8 Å². The second-order valence-corrected chi connectivity index (χ2v) is 8.57. The summed E-state index contributed by atoms with van der Waals surface area (Å²) >= 11 is 0. The van der Waals surface area contributed by atoms with Crippen LogP contribution in [-0.2, 0) is 19.9 Å². The van der Waals surface area contributed by atoms with E-state index in [-0.39, 0.29) is 23.0 Å². The van der Waals surface area contributed by atoms with E-state index in [0.29, 0.717) is 12.8 Å². The van der Waals surface area contributed by atoms with Crippen LogP contribution in [0.1, 0.15) is 12.8 Å². The number of hydrogen-bond donors (Lipinski definition) is 2. The lowest BCUT2D eigenvalue weighted by atomic mass is 10.2. The van der Waals surface area contributed by atoms with Crippen molar-refractivity contribution >= 4 is 25.7 Å². The fraction of sp³-hybridized carbons (Fsp3) is 0.500. The summed E-state index contributed by atoms with van der Waals surface area (Å²) in [6.07, 6.45) is 2.21. The van der Waals surface area contributed by atoms with Crippen LogP contribution >= 0.6 is 0 Å². The average Bonchev–Trinajstić information content (AvgIpc) is 2.66. The highest BCUT2D eigenvalue weighted by atomic mass is 32.2. The van der Waals surface area contributed by atoms with Crippen LogP contribution in [-0.4, -0.2) is 39.4 Å². The molecule has 9 heteroatoms. The van der Waals surface area contributed by atoms with Gasteiger partial charge in [0.2, 0.25) is 10.0 Å². The molecule has 0 radical (unpaired) electrons. The molecule has 1 unspecified atom stereocenters. The van der Waals surface area contributed by atoms with Crippen molar-refractivity contribution in [3.63, 3.8) is 0 Å². The van der Waals surface area contributed by atoms with E-state index in [1.807, 2.05) is 0 Å². The lowest BCUT2D eigenvalue weighted by Gasteiger charge is -2.11. The Hall–Kier alpha value is -1.19. The van der Waals surface area contributed by atoms with Crippen LogP contribution in [0.4, 0.5) is 5.82 Å². The van der Waals surface area contributed by atoms with Gasteiger partial charge in [0.05, 0.1) is 11.0 Å². The Morgan fingerprint density at radius 2 is 2.16 bits per heavy atom. The standard InChI is InChI=1S/C10H15N3O4S2/c11-10-4-3-9(6-12-10)19(16,17)13-7-8-2-1-5-18(8,14)15/h3-4,6,8,13H,1-2,5,7H2,(H2,11,12). The number of nitrogen functional groups attached to an aromatic ring is 1. The molecule has 1 atom stereocenters. The summed E-state index contributed by atoms with van der Waals surface area (Å²) in [5.41, 5.74) is 5.37. The molecule has 1 saturated heterocycles. The third-order valence-corrected chi connectivity index (χ3v) is 6.72.